The van der Waals surface area contributed by atoms with Gasteiger partial charge in [0.05, 0.1) is 17.9 Å². The molecule has 0 saturated carbocycles. The lowest BCUT2D eigenvalue weighted by atomic mass is 9.94. The van der Waals surface area contributed by atoms with Crippen LogP contribution >= 0.6 is 11.3 Å². The van der Waals surface area contributed by atoms with Gasteiger partial charge < -0.3 is 19.3 Å². The molecule has 1 aliphatic heterocycles. The van der Waals surface area contributed by atoms with Gasteiger partial charge in [-0.25, -0.2) is 9.78 Å². The van der Waals surface area contributed by atoms with Crippen molar-refractivity contribution in [3.63, 3.8) is 0 Å². The summed E-state index contributed by atoms with van der Waals surface area (Å²) in [4.78, 5) is 45.8. The minimum absolute atomic E-state index is 0.00778. The number of amides is 1. The second-order valence-corrected chi connectivity index (χ2v) is 10.7. The molecule has 224 valence electrons. The first-order chi connectivity index (χ1) is 21.3. The van der Waals surface area contributed by atoms with E-state index in [1.165, 1.54) is 11.0 Å². The van der Waals surface area contributed by atoms with Crippen LogP contribution in [0, 0.1) is 6.92 Å². The smallest absolute Gasteiger partial charge is 0.350 e. The third-order valence-electron chi connectivity index (χ3n) is 6.84. The van der Waals surface area contributed by atoms with E-state index >= 15 is 0 Å². The molecule has 0 radical (unpaired) electrons. The van der Waals surface area contributed by atoms with E-state index < -0.39 is 23.7 Å². The molecule has 2 heterocycles. The molecule has 1 fully saturated rings. The summed E-state index contributed by atoms with van der Waals surface area (Å²) >= 11 is 0.925. The number of aliphatic hydroxyl groups excluding tert-OH is 1. The number of ketones is 1. The number of hydrogen-bond donors (Lipinski definition) is 1. The molecule has 1 atom stereocenters. The topological polar surface area (TPSA) is 115 Å². The van der Waals surface area contributed by atoms with E-state index in [1.54, 1.807) is 55.5 Å². The maximum absolute atomic E-state index is 13.6. The number of esters is 1. The molecule has 0 bridgehead atoms. The lowest BCUT2D eigenvalue weighted by Gasteiger charge is -2.24. The number of carbonyl (C=O) groups is 3. The lowest BCUT2D eigenvalue weighted by Crippen LogP contribution is -2.29. The highest BCUT2D eigenvalue weighted by molar-refractivity contribution is 7.17. The van der Waals surface area contributed by atoms with Gasteiger partial charge in [-0.1, -0.05) is 72.5 Å². The minimum Gasteiger partial charge on any atom is -0.507 e. The molecule has 44 heavy (non-hydrogen) atoms. The van der Waals surface area contributed by atoms with Crippen LogP contribution < -0.4 is 14.4 Å². The largest absolute Gasteiger partial charge is 0.507 e. The van der Waals surface area contributed by atoms with E-state index in [4.69, 9.17) is 14.2 Å². The summed E-state index contributed by atoms with van der Waals surface area (Å²) in [5.74, 6) is -1.78. The quantitative estimate of drug-likeness (QED) is 0.0682. The molecule has 1 N–H and O–H groups in total. The van der Waals surface area contributed by atoms with Gasteiger partial charge in [-0.3, -0.25) is 14.5 Å². The number of aryl methyl sites for hydroxylation is 1. The molecule has 1 aliphatic rings. The minimum atomic E-state index is -1.09. The Hall–Kier alpha value is -5.22. The van der Waals surface area contributed by atoms with Crippen molar-refractivity contribution in [1.29, 1.82) is 0 Å². The summed E-state index contributed by atoms with van der Waals surface area (Å²) in [6.07, 6.45) is 1.44. The van der Waals surface area contributed by atoms with Crippen LogP contribution in [-0.2, 0) is 20.9 Å². The summed E-state index contributed by atoms with van der Waals surface area (Å²) < 4.78 is 16.9. The highest BCUT2D eigenvalue weighted by atomic mass is 32.1. The van der Waals surface area contributed by atoms with E-state index in [1.807, 2.05) is 37.3 Å². The summed E-state index contributed by atoms with van der Waals surface area (Å²) in [5, 5.41) is 11.7. The van der Waals surface area contributed by atoms with Crippen molar-refractivity contribution in [1.82, 2.24) is 4.98 Å². The summed E-state index contributed by atoms with van der Waals surface area (Å²) in [5.41, 5.74) is 1.99. The number of aromatic nitrogens is 1. The highest BCUT2D eigenvalue weighted by Gasteiger charge is 2.49. The van der Waals surface area contributed by atoms with Gasteiger partial charge in [-0.2, -0.15) is 0 Å². The molecular formula is C34H30N2O7S. The van der Waals surface area contributed by atoms with Gasteiger partial charge in [0.1, 0.15) is 41.4 Å². The Labute approximate surface area is 258 Å². The molecule has 5 rings (SSSR count). The Kier molecular flexibility index (Phi) is 9.20. The van der Waals surface area contributed by atoms with Crippen molar-refractivity contribution < 1.29 is 33.7 Å². The number of hydrogen-bond acceptors (Lipinski definition) is 9. The Morgan fingerprint density at radius 2 is 1.73 bits per heavy atom. The van der Waals surface area contributed by atoms with Gasteiger partial charge in [0, 0.05) is 11.1 Å². The number of rotatable bonds is 11. The molecule has 0 spiro atoms. The number of ether oxygens (including phenoxy) is 3. The molecule has 0 aliphatic carbocycles. The fraction of sp³-hybridized carbons (Fsp3) is 0.176. The summed E-state index contributed by atoms with van der Waals surface area (Å²) in [6, 6.07) is 22.2. The normalized spacial score (nSPS) is 15.7. The SMILES string of the molecule is C=CCOC(=O)c1sc(N2C(=O)C(=O)/C(=C(/O)c3ccc(OCc4ccccc4)cc3)C2c2ccccc2OCC)nc1C. The zero-order valence-electron chi connectivity index (χ0n) is 24.2. The Balaban J connectivity index is 1.56. The number of anilines is 1. The van der Waals surface area contributed by atoms with E-state index in [-0.39, 0.29) is 27.9 Å². The van der Waals surface area contributed by atoms with E-state index in [9.17, 15) is 19.5 Å². The second kappa shape index (κ2) is 13.4. The summed E-state index contributed by atoms with van der Waals surface area (Å²) in [7, 11) is 0. The van der Waals surface area contributed by atoms with E-state index in [2.05, 4.69) is 11.6 Å². The zero-order valence-corrected chi connectivity index (χ0v) is 25.0. The van der Waals surface area contributed by atoms with Crippen molar-refractivity contribution in [2.45, 2.75) is 26.5 Å². The maximum Gasteiger partial charge on any atom is 0.350 e. The zero-order chi connectivity index (χ0) is 31.2. The van der Waals surface area contributed by atoms with Crippen LogP contribution in [0.15, 0.2) is 97.1 Å². The van der Waals surface area contributed by atoms with Gasteiger partial charge in [0.25, 0.3) is 5.78 Å². The predicted octanol–water partition coefficient (Wildman–Crippen LogP) is 6.40. The Morgan fingerprint density at radius 1 is 1.02 bits per heavy atom. The molecular weight excluding hydrogens is 580 g/mol. The number of carbonyl (C=O) groups excluding carboxylic acids is 3. The van der Waals surface area contributed by atoms with Crippen molar-refractivity contribution in [3.05, 3.63) is 124 Å². The number of thiazole rings is 1. The lowest BCUT2D eigenvalue weighted by molar-refractivity contribution is -0.132. The van der Waals surface area contributed by atoms with Crippen LogP contribution in [0.4, 0.5) is 5.13 Å². The number of aliphatic hydroxyl groups is 1. The standard InChI is InChI=1S/C34H30N2O7S/c1-4-19-42-33(40)31-21(3)35-34(44-31)36-28(25-13-9-10-14-26(25)41-5-2)27(30(38)32(36)39)29(37)23-15-17-24(18-16-23)43-20-22-11-7-6-8-12-22/h4,6-18,28,37H,1,5,19-20H2,2-3H3/b29-27+. The van der Waals surface area contributed by atoms with Gasteiger partial charge >= 0.3 is 11.9 Å². The predicted molar refractivity (Wildman–Crippen MR) is 167 cm³/mol. The van der Waals surface area contributed by atoms with Crippen molar-refractivity contribution in [2.24, 2.45) is 0 Å². The van der Waals surface area contributed by atoms with Crippen molar-refractivity contribution >= 4 is 39.9 Å². The molecule has 1 unspecified atom stereocenters. The van der Waals surface area contributed by atoms with Gasteiger partial charge in [0.2, 0.25) is 0 Å². The van der Waals surface area contributed by atoms with Crippen LogP contribution in [0.2, 0.25) is 0 Å². The average molecular weight is 611 g/mol. The first-order valence-corrected chi connectivity index (χ1v) is 14.7. The van der Waals surface area contributed by atoms with E-state index in [0.29, 0.717) is 41.5 Å². The van der Waals surface area contributed by atoms with Crippen molar-refractivity contribution in [3.8, 4) is 11.5 Å². The molecule has 1 amide bonds. The molecule has 3 aromatic carbocycles. The van der Waals surface area contributed by atoms with Crippen LogP contribution in [0.3, 0.4) is 0 Å². The molecule has 1 saturated heterocycles. The van der Waals surface area contributed by atoms with Gasteiger partial charge in [0.15, 0.2) is 5.13 Å². The van der Waals surface area contributed by atoms with Gasteiger partial charge in [-0.15, -0.1) is 0 Å². The first kappa shape index (κ1) is 30.2. The van der Waals surface area contributed by atoms with Crippen molar-refractivity contribution in [2.75, 3.05) is 18.1 Å². The number of Topliss-reactive ketones (excluding diaryl/α,β-unsaturated/α-hetero) is 1. The van der Waals surface area contributed by atoms with Crippen LogP contribution in [0.5, 0.6) is 11.5 Å². The molecule has 9 nitrogen and oxygen atoms in total. The fourth-order valence-corrected chi connectivity index (χ4v) is 5.79. The third-order valence-corrected chi connectivity index (χ3v) is 7.98. The molecule has 4 aromatic rings. The monoisotopic (exact) mass is 610 g/mol. The Bertz CT molecular complexity index is 1730. The van der Waals surface area contributed by atoms with Crippen LogP contribution in [0.25, 0.3) is 5.76 Å². The average Bonchev–Trinajstić information content (AvgIpc) is 3.55. The summed E-state index contributed by atoms with van der Waals surface area (Å²) in [6.45, 7) is 7.69. The van der Waals surface area contributed by atoms with Crippen LogP contribution in [-0.4, -0.2) is 41.0 Å². The molecule has 10 heteroatoms. The van der Waals surface area contributed by atoms with Gasteiger partial charge in [-0.05, 0) is 49.7 Å². The Morgan fingerprint density at radius 3 is 2.43 bits per heavy atom. The third kappa shape index (κ3) is 6.11. The molecule has 1 aromatic heterocycles. The van der Waals surface area contributed by atoms with E-state index in [0.717, 1.165) is 16.9 Å². The first-order valence-electron chi connectivity index (χ1n) is 13.9. The van der Waals surface area contributed by atoms with Crippen LogP contribution in [0.1, 0.15) is 45.0 Å². The number of nitrogens with zero attached hydrogens (tertiary/aromatic N) is 2. The number of para-hydroxylation sites is 1. The number of benzene rings is 3. The second-order valence-electron chi connectivity index (χ2n) is 9.74. The fourth-order valence-electron chi connectivity index (χ4n) is 4.80. The maximum atomic E-state index is 13.6. The highest BCUT2D eigenvalue weighted by Crippen LogP contribution is 2.46.